The Morgan fingerprint density at radius 2 is 2.10 bits per heavy atom. The number of nitrogens with one attached hydrogen (secondary N) is 2. The summed E-state index contributed by atoms with van der Waals surface area (Å²) in [7, 11) is 0. The van der Waals surface area contributed by atoms with Gasteiger partial charge in [-0.25, -0.2) is 4.39 Å². The third kappa shape index (κ3) is 5.14. The predicted octanol–water partition coefficient (Wildman–Crippen LogP) is 1.69. The number of carbonyl (C=O) groups is 2. The standard InChI is InChI=1S/C13H16ClFN2O3/c1-2-3-9(18)7-16-12(19)13(20)17-8-4-5-10(14)11(15)6-8/h4-6,9,18H,2-3,7H2,1H3,(H,16,19)(H,17,20). The Labute approximate surface area is 121 Å². The highest BCUT2D eigenvalue weighted by Crippen LogP contribution is 2.18. The van der Waals surface area contributed by atoms with E-state index >= 15 is 0 Å². The van der Waals surface area contributed by atoms with Crippen molar-refractivity contribution in [3.05, 3.63) is 29.0 Å². The molecule has 0 heterocycles. The summed E-state index contributed by atoms with van der Waals surface area (Å²) in [6, 6.07) is 3.66. The van der Waals surface area contributed by atoms with E-state index in [9.17, 15) is 19.1 Å². The lowest BCUT2D eigenvalue weighted by molar-refractivity contribution is -0.136. The summed E-state index contributed by atoms with van der Waals surface area (Å²) in [5.41, 5.74) is 0.126. The molecule has 1 aromatic rings. The van der Waals surface area contributed by atoms with E-state index in [1.165, 1.54) is 12.1 Å². The molecule has 0 aliphatic heterocycles. The summed E-state index contributed by atoms with van der Waals surface area (Å²) in [5, 5.41) is 13.9. The Morgan fingerprint density at radius 1 is 1.40 bits per heavy atom. The molecule has 0 radical (unpaired) electrons. The molecule has 0 bridgehead atoms. The van der Waals surface area contributed by atoms with Crippen LogP contribution in [0.15, 0.2) is 18.2 Å². The van der Waals surface area contributed by atoms with Gasteiger partial charge in [-0.1, -0.05) is 24.9 Å². The molecule has 0 saturated heterocycles. The second-order valence-electron chi connectivity index (χ2n) is 4.24. The molecular weight excluding hydrogens is 287 g/mol. The highest BCUT2D eigenvalue weighted by molar-refractivity contribution is 6.39. The van der Waals surface area contributed by atoms with Crippen LogP contribution in [0.25, 0.3) is 0 Å². The molecule has 5 nitrogen and oxygen atoms in total. The van der Waals surface area contributed by atoms with Crippen LogP contribution in [0.1, 0.15) is 19.8 Å². The fourth-order valence-corrected chi connectivity index (χ4v) is 1.61. The molecule has 3 N–H and O–H groups in total. The smallest absolute Gasteiger partial charge is 0.313 e. The maximum atomic E-state index is 13.2. The number of amides is 2. The average molecular weight is 303 g/mol. The number of carbonyl (C=O) groups excluding carboxylic acids is 2. The summed E-state index contributed by atoms with van der Waals surface area (Å²) >= 11 is 5.50. The van der Waals surface area contributed by atoms with Crippen LogP contribution in [0.2, 0.25) is 5.02 Å². The van der Waals surface area contributed by atoms with Crippen molar-refractivity contribution < 1.29 is 19.1 Å². The fourth-order valence-electron chi connectivity index (χ4n) is 1.49. The van der Waals surface area contributed by atoms with E-state index in [0.717, 1.165) is 12.5 Å². The zero-order chi connectivity index (χ0) is 15.1. The topological polar surface area (TPSA) is 78.4 Å². The summed E-state index contributed by atoms with van der Waals surface area (Å²) in [5.74, 6) is -2.52. The molecular formula is C13H16ClFN2O3. The number of halogens is 2. The molecule has 0 aliphatic rings. The first-order valence-corrected chi connectivity index (χ1v) is 6.54. The van der Waals surface area contributed by atoms with Gasteiger partial charge in [0.1, 0.15) is 5.82 Å². The van der Waals surface area contributed by atoms with Gasteiger partial charge in [0.2, 0.25) is 0 Å². The Kier molecular flexibility index (Phi) is 6.41. The Bertz CT molecular complexity index is 497. The summed E-state index contributed by atoms with van der Waals surface area (Å²) in [6.07, 6.45) is 0.613. The molecule has 0 aliphatic carbocycles. The molecule has 0 fully saturated rings. The second kappa shape index (κ2) is 7.81. The highest BCUT2D eigenvalue weighted by Gasteiger charge is 2.15. The largest absolute Gasteiger partial charge is 0.391 e. The lowest BCUT2D eigenvalue weighted by Crippen LogP contribution is -2.39. The highest BCUT2D eigenvalue weighted by atomic mass is 35.5. The molecule has 0 aromatic heterocycles. The Morgan fingerprint density at radius 3 is 2.70 bits per heavy atom. The van der Waals surface area contributed by atoms with Gasteiger partial charge in [-0.2, -0.15) is 0 Å². The van der Waals surface area contributed by atoms with Gasteiger partial charge in [-0.15, -0.1) is 0 Å². The molecule has 1 atom stereocenters. The third-order valence-electron chi connectivity index (χ3n) is 2.50. The van der Waals surface area contributed by atoms with Crippen molar-refractivity contribution in [2.75, 3.05) is 11.9 Å². The first-order chi connectivity index (χ1) is 9.43. The van der Waals surface area contributed by atoms with E-state index in [4.69, 9.17) is 11.6 Å². The van der Waals surface area contributed by atoms with Crippen molar-refractivity contribution in [1.29, 1.82) is 0 Å². The van der Waals surface area contributed by atoms with Crippen molar-refractivity contribution in [2.24, 2.45) is 0 Å². The molecule has 1 rings (SSSR count). The van der Waals surface area contributed by atoms with Gasteiger partial charge in [-0.05, 0) is 24.6 Å². The Balaban J connectivity index is 2.49. The van der Waals surface area contributed by atoms with Crippen LogP contribution in [0.4, 0.5) is 10.1 Å². The SMILES string of the molecule is CCCC(O)CNC(=O)C(=O)Nc1ccc(Cl)c(F)c1. The van der Waals surface area contributed by atoms with Crippen LogP contribution >= 0.6 is 11.6 Å². The summed E-state index contributed by atoms with van der Waals surface area (Å²) in [4.78, 5) is 23.0. The van der Waals surface area contributed by atoms with Gasteiger partial charge in [0.05, 0.1) is 11.1 Å². The number of anilines is 1. The number of aliphatic hydroxyl groups excluding tert-OH is 1. The number of aliphatic hydroxyl groups is 1. The number of hydrogen-bond acceptors (Lipinski definition) is 3. The molecule has 0 saturated carbocycles. The molecule has 110 valence electrons. The maximum absolute atomic E-state index is 13.2. The van der Waals surface area contributed by atoms with Gasteiger partial charge in [0, 0.05) is 12.2 Å². The first kappa shape index (κ1) is 16.4. The number of hydrogen-bond donors (Lipinski definition) is 3. The van der Waals surface area contributed by atoms with Crippen LogP contribution < -0.4 is 10.6 Å². The van der Waals surface area contributed by atoms with Crippen LogP contribution in [0, 0.1) is 5.82 Å². The van der Waals surface area contributed by atoms with Crippen LogP contribution in [-0.4, -0.2) is 29.6 Å². The summed E-state index contributed by atoms with van der Waals surface area (Å²) < 4.78 is 13.2. The predicted molar refractivity (Wildman–Crippen MR) is 74.0 cm³/mol. The van der Waals surface area contributed by atoms with Gasteiger partial charge in [-0.3, -0.25) is 9.59 Å². The van der Waals surface area contributed by atoms with E-state index in [1.54, 1.807) is 0 Å². The van der Waals surface area contributed by atoms with Gasteiger partial charge in [0.25, 0.3) is 0 Å². The van der Waals surface area contributed by atoms with E-state index < -0.39 is 23.7 Å². The monoisotopic (exact) mass is 302 g/mol. The lowest BCUT2D eigenvalue weighted by Gasteiger charge is -2.10. The average Bonchev–Trinajstić information content (AvgIpc) is 2.40. The minimum atomic E-state index is -0.935. The van der Waals surface area contributed by atoms with Crippen LogP contribution in [0.3, 0.4) is 0 Å². The zero-order valence-electron chi connectivity index (χ0n) is 11.0. The third-order valence-corrected chi connectivity index (χ3v) is 2.81. The molecule has 7 heteroatoms. The van der Waals surface area contributed by atoms with Crippen molar-refractivity contribution in [2.45, 2.75) is 25.9 Å². The van der Waals surface area contributed by atoms with Crippen molar-refractivity contribution >= 4 is 29.1 Å². The van der Waals surface area contributed by atoms with E-state index in [0.29, 0.717) is 6.42 Å². The molecule has 2 amide bonds. The minimum absolute atomic E-state index is 0.00489. The van der Waals surface area contributed by atoms with Gasteiger partial charge in [0.15, 0.2) is 0 Å². The summed E-state index contributed by atoms with van der Waals surface area (Å²) in [6.45, 7) is 1.89. The lowest BCUT2D eigenvalue weighted by atomic mass is 10.2. The van der Waals surface area contributed by atoms with Gasteiger partial charge >= 0.3 is 11.8 Å². The molecule has 1 aromatic carbocycles. The molecule has 20 heavy (non-hydrogen) atoms. The second-order valence-corrected chi connectivity index (χ2v) is 4.64. The maximum Gasteiger partial charge on any atom is 0.313 e. The zero-order valence-corrected chi connectivity index (χ0v) is 11.7. The Hall–Kier alpha value is -1.66. The number of benzene rings is 1. The van der Waals surface area contributed by atoms with Crippen molar-refractivity contribution in [3.8, 4) is 0 Å². The van der Waals surface area contributed by atoms with Crippen LogP contribution in [0.5, 0.6) is 0 Å². The van der Waals surface area contributed by atoms with Gasteiger partial charge < -0.3 is 15.7 Å². The van der Waals surface area contributed by atoms with Crippen molar-refractivity contribution in [3.63, 3.8) is 0 Å². The molecule has 0 spiro atoms. The van der Waals surface area contributed by atoms with Crippen molar-refractivity contribution in [1.82, 2.24) is 5.32 Å². The van der Waals surface area contributed by atoms with E-state index in [-0.39, 0.29) is 17.3 Å². The quantitative estimate of drug-likeness (QED) is 0.724. The van der Waals surface area contributed by atoms with Crippen LogP contribution in [-0.2, 0) is 9.59 Å². The normalized spacial score (nSPS) is 11.8. The minimum Gasteiger partial charge on any atom is -0.391 e. The van der Waals surface area contributed by atoms with E-state index in [2.05, 4.69) is 10.6 Å². The fraction of sp³-hybridized carbons (Fsp3) is 0.385. The molecule has 1 unspecified atom stereocenters. The van der Waals surface area contributed by atoms with E-state index in [1.807, 2.05) is 6.92 Å². The number of rotatable bonds is 5. The first-order valence-electron chi connectivity index (χ1n) is 6.16.